The lowest BCUT2D eigenvalue weighted by atomic mass is 10.2. The fourth-order valence-electron chi connectivity index (χ4n) is 1.01. The van der Waals surface area contributed by atoms with Crippen LogP contribution in [-0.4, -0.2) is 35.7 Å². The fraction of sp³-hybridized carbons (Fsp3) is 0.417. The third-order valence-corrected chi connectivity index (χ3v) is 1.94. The molecule has 0 saturated heterocycles. The first-order valence-electron chi connectivity index (χ1n) is 5.23. The third kappa shape index (κ3) is 7.21. The summed E-state index contributed by atoms with van der Waals surface area (Å²) in [5.74, 6) is -2.22. The van der Waals surface area contributed by atoms with Gasteiger partial charge in [0.25, 0.3) is 0 Å². The van der Waals surface area contributed by atoms with E-state index in [-0.39, 0.29) is 18.6 Å². The predicted molar refractivity (Wildman–Crippen MR) is 62.7 cm³/mol. The van der Waals surface area contributed by atoms with Gasteiger partial charge in [-0.3, -0.25) is 4.79 Å². The molecule has 6 nitrogen and oxygen atoms in total. The molecule has 0 aliphatic carbocycles. The van der Waals surface area contributed by atoms with Crippen LogP contribution in [0, 0.1) is 0 Å². The number of ether oxygens (including phenoxy) is 2. The number of hydrogen-bond acceptors (Lipinski definition) is 5. The minimum absolute atomic E-state index is 0.127. The molecular weight excluding hydrogens is 240 g/mol. The lowest BCUT2D eigenvalue weighted by Gasteiger charge is -2.15. The molecule has 1 atom stereocenters. The van der Waals surface area contributed by atoms with Gasteiger partial charge < -0.3 is 14.6 Å². The van der Waals surface area contributed by atoms with Crippen molar-refractivity contribution in [1.29, 1.82) is 0 Å². The highest BCUT2D eigenvalue weighted by Crippen LogP contribution is 2.05. The molecule has 0 aromatic carbocycles. The molecular formula is C12H16O6. The lowest BCUT2D eigenvalue weighted by Crippen LogP contribution is -2.23. The van der Waals surface area contributed by atoms with Gasteiger partial charge in [0.1, 0.15) is 12.7 Å². The van der Waals surface area contributed by atoms with Gasteiger partial charge in [-0.15, -0.1) is 0 Å². The first kappa shape index (κ1) is 15.9. The van der Waals surface area contributed by atoms with Crippen molar-refractivity contribution in [3.63, 3.8) is 0 Å². The molecule has 0 spiro atoms. The second-order valence-corrected chi connectivity index (χ2v) is 3.49. The number of carboxylic acids is 1. The zero-order valence-corrected chi connectivity index (χ0v) is 10.3. The maximum Gasteiger partial charge on any atom is 0.330 e. The molecule has 0 bridgehead atoms. The molecule has 0 aliphatic heterocycles. The summed E-state index contributed by atoms with van der Waals surface area (Å²) in [6.07, 6.45) is 1.84. The summed E-state index contributed by atoms with van der Waals surface area (Å²) >= 11 is 0. The Bertz CT molecular complexity index is 369. The van der Waals surface area contributed by atoms with Crippen LogP contribution in [-0.2, 0) is 23.9 Å². The Morgan fingerprint density at radius 3 is 2.39 bits per heavy atom. The first-order chi connectivity index (χ1) is 8.36. The number of carboxylic acid groups (broad SMARTS) is 1. The van der Waals surface area contributed by atoms with Gasteiger partial charge in [0.15, 0.2) is 0 Å². The Morgan fingerprint density at radius 1 is 1.33 bits per heavy atom. The second-order valence-electron chi connectivity index (χ2n) is 3.49. The van der Waals surface area contributed by atoms with Crippen molar-refractivity contribution in [2.24, 2.45) is 0 Å². The van der Waals surface area contributed by atoms with Crippen LogP contribution in [0.4, 0.5) is 0 Å². The maximum atomic E-state index is 10.9. The van der Waals surface area contributed by atoms with E-state index < -0.39 is 24.0 Å². The van der Waals surface area contributed by atoms with E-state index in [0.29, 0.717) is 0 Å². The van der Waals surface area contributed by atoms with Gasteiger partial charge in [-0.1, -0.05) is 12.7 Å². The molecule has 0 fully saturated rings. The summed E-state index contributed by atoms with van der Waals surface area (Å²) in [7, 11) is 0. The molecule has 0 rings (SSSR count). The van der Waals surface area contributed by atoms with E-state index in [9.17, 15) is 14.4 Å². The first-order valence-corrected chi connectivity index (χ1v) is 5.23. The van der Waals surface area contributed by atoms with Crippen molar-refractivity contribution < 1.29 is 29.0 Å². The van der Waals surface area contributed by atoms with Gasteiger partial charge in [-0.05, 0) is 6.92 Å². The Kier molecular flexibility index (Phi) is 7.11. The lowest BCUT2D eigenvalue weighted by molar-refractivity contribution is -0.154. The summed E-state index contributed by atoms with van der Waals surface area (Å²) < 4.78 is 9.62. The van der Waals surface area contributed by atoms with E-state index in [1.807, 2.05) is 0 Å². The Labute approximate surface area is 105 Å². The third-order valence-electron chi connectivity index (χ3n) is 1.94. The van der Waals surface area contributed by atoms with Crippen LogP contribution in [0.2, 0.25) is 0 Å². The normalized spacial score (nSPS) is 12.4. The van der Waals surface area contributed by atoms with Crippen LogP contribution in [0.25, 0.3) is 0 Å². The monoisotopic (exact) mass is 256 g/mol. The standard InChI is InChI=1S/C12H16O6/c1-4-11(14)17-7-10(18-9(3)13)6-5-8(2)12(15)16/h4-5,10H,1,6-7H2,2-3H3,(H,15,16). The SMILES string of the molecule is C=CC(=O)OCC(CC=C(C)C(=O)O)OC(C)=O. The number of rotatable bonds is 7. The summed E-state index contributed by atoms with van der Waals surface area (Å²) in [5, 5.41) is 8.66. The van der Waals surface area contributed by atoms with Crippen LogP contribution in [0.5, 0.6) is 0 Å². The molecule has 0 saturated carbocycles. The van der Waals surface area contributed by atoms with E-state index in [1.165, 1.54) is 19.9 Å². The molecule has 0 radical (unpaired) electrons. The topological polar surface area (TPSA) is 89.9 Å². The van der Waals surface area contributed by atoms with Crippen molar-refractivity contribution in [2.75, 3.05) is 6.61 Å². The van der Waals surface area contributed by atoms with E-state index in [4.69, 9.17) is 14.6 Å². The summed E-state index contributed by atoms with van der Waals surface area (Å²) in [5.41, 5.74) is 0.127. The highest BCUT2D eigenvalue weighted by Gasteiger charge is 2.13. The number of aliphatic carboxylic acids is 1. The molecule has 1 N–H and O–H groups in total. The molecule has 18 heavy (non-hydrogen) atoms. The smallest absolute Gasteiger partial charge is 0.330 e. The van der Waals surface area contributed by atoms with E-state index in [1.54, 1.807) is 0 Å². The molecule has 0 aromatic rings. The summed E-state index contributed by atoms with van der Waals surface area (Å²) in [4.78, 5) is 32.3. The Morgan fingerprint density at radius 2 is 1.94 bits per heavy atom. The van der Waals surface area contributed by atoms with Gasteiger partial charge in [0.2, 0.25) is 0 Å². The molecule has 100 valence electrons. The Balaban J connectivity index is 4.44. The quantitative estimate of drug-likeness (QED) is 0.541. The summed E-state index contributed by atoms with van der Waals surface area (Å²) in [6.45, 7) is 5.72. The molecule has 0 amide bonds. The minimum atomic E-state index is -1.06. The van der Waals surface area contributed by atoms with Crippen LogP contribution < -0.4 is 0 Å². The van der Waals surface area contributed by atoms with Crippen molar-refractivity contribution >= 4 is 17.9 Å². The van der Waals surface area contributed by atoms with Crippen LogP contribution in [0.15, 0.2) is 24.3 Å². The zero-order valence-electron chi connectivity index (χ0n) is 10.3. The molecule has 0 aliphatic rings. The number of carbonyl (C=O) groups excluding carboxylic acids is 2. The van der Waals surface area contributed by atoms with Crippen LogP contribution >= 0.6 is 0 Å². The predicted octanol–water partition coefficient (Wildman–Crippen LogP) is 1.07. The maximum absolute atomic E-state index is 10.9. The minimum Gasteiger partial charge on any atom is -0.478 e. The van der Waals surface area contributed by atoms with Crippen LogP contribution in [0.1, 0.15) is 20.3 Å². The van der Waals surface area contributed by atoms with E-state index >= 15 is 0 Å². The fourth-order valence-corrected chi connectivity index (χ4v) is 1.01. The average Bonchev–Trinajstić information content (AvgIpc) is 2.30. The van der Waals surface area contributed by atoms with E-state index in [2.05, 4.69) is 6.58 Å². The molecule has 0 aromatic heterocycles. The second kappa shape index (κ2) is 8.05. The van der Waals surface area contributed by atoms with Crippen molar-refractivity contribution in [1.82, 2.24) is 0 Å². The highest BCUT2D eigenvalue weighted by atomic mass is 16.6. The van der Waals surface area contributed by atoms with Gasteiger partial charge in [0, 0.05) is 25.0 Å². The average molecular weight is 256 g/mol. The molecule has 6 heteroatoms. The number of esters is 2. The highest BCUT2D eigenvalue weighted by molar-refractivity contribution is 5.85. The van der Waals surface area contributed by atoms with E-state index in [0.717, 1.165) is 6.08 Å². The number of carbonyl (C=O) groups is 3. The van der Waals surface area contributed by atoms with Gasteiger partial charge in [-0.25, -0.2) is 9.59 Å². The molecule has 1 unspecified atom stereocenters. The zero-order chi connectivity index (χ0) is 14.1. The van der Waals surface area contributed by atoms with Crippen molar-refractivity contribution in [2.45, 2.75) is 26.4 Å². The largest absolute Gasteiger partial charge is 0.478 e. The molecule has 0 heterocycles. The van der Waals surface area contributed by atoms with Gasteiger partial charge in [-0.2, -0.15) is 0 Å². The Hall–Kier alpha value is -2.11. The van der Waals surface area contributed by atoms with Crippen molar-refractivity contribution in [3.05, 3.63) is 24.3 Å². The summed E-state index contributed by atoms with van der Waals surface area (Å²) in [6, 6.07) is 0. The van der Waals surface area contributed by atoms with Gasteiger partial charge in [0.05, 0.1) is 0 Å². The van der Waals surface area contributed by atoms with Gasteiger partial charge >= 0.3 is 17.9 Å². The number of hydrogen-bond donors (Lipinski definition) is 1. The van der Waals surface area contributed by atoms with Crippen molar-refractivity contribution in [3.8, 4) is 0 Å². The van der Waals surface area contributed by atoms with Crippen LogP contribution in [0.3, 0.4) is 0 Å².